The molecule has 1 aliphatic heterocycles. The van der Waals surface area contributed by atoms with E-state index >= 15 is 0 Å². The fourth-order valence-corrected chi connectivity index (χ4v) is 2.03. The maximum atomic E-state index is 5.51. The minimum atomic E-state index is 0.812. The number of nitrogens with zero attached hydrogens (tertiary/aromatic N) is 1. The SMILES string of the molecule is CC(C)C1CCN(CCN)CC1. The van der Waals surface area contributed by atoms with E-state index in [9.17, 15) is 0 Å². The van der Waals surface area contributed by atoms with Gasteiger partial charge in [0.05, 0.1) is 0 Å². The van der Waals surface area contributed by atoms with Gasteiger partial charge in [-0.05, 0) is 37.8 Å². The van der Waals surface area contributed by atoms with E-state index in [0.717, 1.165) is 24.9 Å². The molecule has 0 unspecified atom stereocenters. The van der Waals surface area contributed by atoms with Crippen LogP contribution in [0.4, 0.5) is 0 Å². The zero-order chi connectivity index (χ0) is 8.97. The summed E-state index contributed by atoms with van der Waals surface area (Å²) in [5, 5.41) is 0. The van der Waals surface area contributed by atoms with Crippen molar-refractivity contribution in [1.29, 1.82) is 0 Å². The van der Waals surface area contributed by atoms with E-state index in [1.165, 1.54) is 25.9 Å². The Bertz CT molecular complexity index is 115. The fraction of sp³-hybridized carbons (Fsp3) is 1.00. The van der Waals surface area contributed by atoms with Crippen molar-refractivity contribution < 1.29 is 0 Å². The highest BCUT2D eigenvalue weighted by Crippen LogP contribution is 2.23. The Balaban J connectivity index is 2.20. The van der Waals surface area contributed by atoms with Crippen molar-refractivity contribution in [3.63, 3.8) is 0 Å². The molecule has 0 amide bonds. The molecule has 2 heteroatoms. The van der Waals surface area contributed by atoms with E-state index in [1.54, 1.807) is 0 Å². The van der Waals surface area contributed by atoms with Gasteiger partial charge in [0.25, 0.3) is 0 Å². The van der Waals surface area contributed by atoms with Gasteiger partial charge in [0, 0.05) is 13.1 Å². The van der Waals surface area contributed by atoms with E-state index in [4.69, 9.17) is 5.73 Å². The minimum absolute atomic E-state index is 0.812. The molecule has 1 fully saturated rings. The van der Waals surface area contributed by atoms with Crippen LogP contribution in [0.3, 0.4) is 0 Å². The van der Waals surface area contributed by atoms with Crippen LogP contribution in [0.2, 0.25) is 0 Å². The number of hydrogen-bond donors (Lipinski definition) is 1. The van der Waals surface area contributed by atoms with Gasteiger partial charge in [-0.2, -0.15) is 0 Å². The van der Waals surface area contributed by atoms with Crippen LogP contribution in [0.5, 0.6) is 0 Å². The molecular weight excluding hydrogens is 148 g/mol. The lowest BCUT2D eigenvalue weighted by molar-refractivity contribution is 0.161. The summed E-state index contributed by atoms with van der Waals surface area (Å²) in [5.74, 6) is 1.82. The lowest BCUT2D eigenvalue weighted by Gasteiger charge is -2.33. The zero-order valence-corrected chi connectivity index (χ0v) is 8.42. The smallest absolute Gasteiger partial charge is 0.0105 e. The van der Waals surface area contributed by atoms with E-state index in [-0.39, 0.29) is 0 Å². The van der Waals surface area contributed by atoms with Gasteiger partial charge < -0.3 is 10.6 Å². The normalized spacial score (nSPS) is 22.0. The summed E-state index contributed by atoms with van der Waals surface area (Å²) in [6, 6.07) is 0. The highest BCUT2D eigenvalue weighted by atomic mass is 15.1. The van der Waals surface area contributed by atoms with Crippen LogP contribution in [-0.4, -0.2) is 31.1 Å². The first-order valence-electron chi connectivity index (χ1n) is 5.16. The summed E-state index contributed by atoms with van der Waals surface area (Å²) in [5.41, 5.74) is 5.51. The highest BCUT2D eigenvalue weighted by Gasteiger charge is 2.20. The van der Waals surface area contributed by atoms with Gasteiger partial charge >= 0.3 is 0 Å². The third-order valence-electron chi connectivity index (χ3n) is 3.02. The molecule has 2 N–H and O–H groups in total. The predicted octanol–water partition coefficient (Wildman–Crippen LogP) is 1.31. The number of hydrogen-bond acceptors (Lipinski definition) is 2. The first kappa shape index (κ1) is 10.0. The van der Waals surface area contributed by atoms with Crippen LogP contribution >= 0.6 is 0 Å². The van der Waals surface area contributed by atoms with E-state index in [2.05, 4.69) is 18.7 Å². The van der Waals surface area contributed by atoms with E-state index < -0.39 is 0 Å². The maximum absolute atomic E-state index is 5.51. The number of nitrogens with two attached hydrogens (primary N) is 1. The van der Waals surface area contributed by atoms with Gasteiger partial charge in [0.1, 0.15) is 0 Å². The monoisotopic (exact) mass is 170 g/mol. The molecule has 1 rings (SSSR count). The molecule has 1 saturated heterocycles. The number of rotatable bonds is 3. The molecule has 0 aromatic rings. The fourth-order valence-electron chi connectivity index (χ4n) is 2.03. The van der Waals surface area contributed by atoms with Crippen LogP contribution in [0.15, 0.2) is 0 Å². The molecule has 0 aliphatic carbocycles. The van der Waals surface area contributed by atoms with Gasteiger partial charge in [-0.1, -0.05) is 13.8 Å². The van der Waals surface area contributed by atoms with Crippen LogP contribution in [0, 0.1) is 11.8 Å². The maximum Gasteiger partial charge on any atom is 0.0105 e. The van der Waals surface area contributed by atoms with Crippen LogP contribution < -0.4 is 5.73 Å². The summed E-state index contributed by atoms with van der Waals surface area (Å²) >= 11 is 0. The first-order valence-corrected chi connectivity index (χ1v) is 5.16. The van der Waals surface area contributed by atoms with Gasteiger partial charge in [-0.3, -0.25) is 0 Å². The van der Waals surface area contributed by atoms with Crippen molar-refractivity contribution in [3.8, 4) is 0 Å². The third-order valence-corrected chi connectivity index (χ3v) is 3.02. The van der Waals surface area contributed by atoms with Gasteiger partial charge in [0.15, 0.2) is 0 Å². The average Bonchev–Trinajstić information content (AvgIpc) is 2.06. The van der Waals surface area contributed by atoms with Gasteiger partial charge in [-0.25, -0.2) is 0 Å². The highest BCUT2D eigenvalue weighted by molar-refractivity contribution is 4.74. The predicted molar refractivity (Wildman–Crippen MR) is 53.1 cm³/mol. The van der Waals surface area contributed by atoms with Crippen LogP contribution in [0.1, 0.15) is 26.7 Å². The Morgan fingerprint density at radius 3 is 2.33 bits per heavy atom. The molecule has 1 heterocycles. The standard InChI is InChI=1S/C10H22N2/c1-9(2)10-3-6-12(7-4-10)8-5-11/h9-10H,3-8,11H2,1-2H3. The Morgan fingerprint density at radius 1 is 1.33 bits per heavy atom. The summed E-state index contributed by atoms with van der Waals surface area (Å²) < 4.78 is 0. The lowest BCUT2D eigenvalue weighted by Crippen LogP contribution is -2.38. The van der Waals surface area contributed by atoms with Crippen molar-refractivity contribution in [2.24, 2.45) is 17.6 Å². The van der Waals surface area contributed by atoms with Crippen LogP contribution in [-0.2, 0) is 0 Å². The van der Waals surface area contributed by atoms with Crippen LogP contribution in [0.25, 0.3) is 0 Å². The minimum Gasteiger partial charge on any atom is -0.329 e. The largest absolute Gasteiger partial charge is 0.329 e. The summed E-state index contributed by atoms with van der Waals surface area (Å²) in [4.78, 5) is 2.48. The summed E-state index contributed by atoms with van der Waals surface area (Å²) in [6.07, 6.45) is 2.75. The second-order valence-electron chi connectivity index (χ2n) is 4.21. The van der Waals surface area contributed by atoms with Crippen molar-refractivity contribution in [2.75, 3.05) is 26.2 Å². The molecule has 0 radical (unpaired) electrons. The molecule has 12 heavy (non-hydrogen) atoms. The summed E-state index contributed by atoms with van der Waals surface area (Å²) in [7, 11) is 0. The van der Waals surface area contributed by atoms with Crippen molar-refractivity contribution in [1.82, 2.24) is 4.90 Å². The topological polar surface area (TPSA) is 29.3 Å². The summed E-state index contributed by atoms with van der Waals surface area (Å²) in [6.45, 7) is 9.10. The van der Waals surface area contributed by atoms with Gasteiger partial charge in [-0.15, -0.1) is 0 Å². The quantitative estimate of drug-likeness (QED) is 0.692. The number of likely N-dealkylation sites (tertiary alicyclic amines) is 1. The van der Waals surface area contributed by atoms with Crippen molar-refractivity contribution >= 4 is 0 Å². The molecule has 1 aliphatic rings. The number of piperidine rings is 1. The molecule has 0 saturated carbocycles. The van der Waals surface area contributed by atoms with E-state index in [1.807, 2.05) is 0 Å². The molecule has 0 aromatic carbocycles. The molecule has 0 spiro atoms. The zero-order valence-electron chi connectivity index (χ0n) is 8.42. The Kier molecular flexibility index (Phi) is 4.02. The Hall–Kier alpha value is -0.0800. The van der Waals surface area contributed by atoms with E-state index in [0.29, 0.717) is 0 Å². The Morgan fingerprint density at radius 2 is 1.92 bits per heavy atom. The molecule has 0 bridgehead atoms. The molecule has 72 valence electrons. The molecule has 0 atom stereocenters. The van der Waals surface area contributed by atoms with Gasteiger partial charge in [0.2, 0.25) is 0 Å². The van der Waals surface area contributed by atoms with Crippen molar-refractivity contribution in [3.05, 3.63) is 0 Å². The average molecular weight is 170 g/mol. The Labute approximate surface area is 76.1 Å². The first-order chi connectivity index (χ1) is 5.74. The second kappa shape index (κ2) is 4.83. The molecule has 0 aromatic heterocycles. The molecular formula is C10H22N2. The molecule has 2 nitrogen and oxygen atoms in total. The lowest BCUT2D eigenvalue weighted by atomic mass is 9.87. The van der Waals surface area contributed by atoms with Crippen molar-refractivity contribution in [2.45, 2.75) is 26.7 Å². The third kappa shape index (κ3) is 2.76. The second-order valence-corrected chi connectivity index (χ2v) is 4.21.